The van der Waals surface area contributed by atoms with E-state index >= 15 is 0 Å². The Kier molecular flexibility index (Phi) is 8.74. The number of nitrogens with zero attached hydrogens (tertiary/aromatic N) is 2. The quantitative estimate of drug-likeness (QED) is 0.635. The third-order valence-corrected chi connectivity index (χ3v) is 2.77. The van der Waals surface area contributed by atoms with Crippen molar-refractivity contribution in [1.82, 2.24) is 9.97 Å². The Morgan fingerprint density at radius 2 is 2.00 bits per heavy atom. The smallest absolute Gasteiger partial charge is 0.218 e. The van der Waals surface area contributed by atoms with Gasteiger partial charge in [0.2, 0.25) is 5.88 Å². The van der Waals surface area contributed by atoms with Gasteiger partial charge in [0.05, 0.1) is 6.61 Å². The summed E-state index contributed by atoms with van der Waals surface area (Å²) >= 11 is 0. The second-order valence-corrected chi connectivity index (χ2v) is 5.43. The molecule has 0 aliphatic carbocycles. The van der Waals surface area contributed by atoms with Gasteiger partial charge in [0.25, 0.3) is 0 Å². The summed E-state index contributed by atoms with van der Waals surface area (Å²) in [6, 6.07) is 1.88. The van der Waals surface area contributed by atoms with Crippen LogP contribution in [0.25, 0.3) is 0 Å². The van der Waals surface area contributed by atoms with Crippen molar-refractivity contribution in [3.8, 4) is 5.88 Å². The van der Waals surface area contributed by atoms with E-state index in [0.717, 1.165) is 50.7 Å². The minimum atomic E-state index is 0.525. The molecule has 0 aromatic carbocycles. The number of ether oxygens (including phenoxy) is 2. The van der Waals surface area contributed by atoms with Gasteiger partial charge in [-0.3, -0.25) is 0 Å². The molecule has 0 spiro atoms. The Morgan fingerprint density at radius 3 is 2.67 bits per heavy atom. The minimum Gasteiger partial charge on any atom is -0.478 e. The van der Waals surface area contributed by atoms with Gasteiger partial charge in [-0.25, -0.2) is 4.98 Å². The lowest BCUT2D eigenvalue weighted by atomic mass is 10.1. The van der Waals surface area contributed by atoms with Crippen molar-refractivity contribution in [3.63, 3.8) is 0 Å². The van der Waals surface area contributed by atoms with Gasteiger partial charge in [-0.05, 0) is 25.7 Å². The van der Waals surface area contributed by atoms with Crippen molar-refractivity contribution in [2.75, 3.05) is 31.7 Å². The average molecular weight is 295 g/mol. The molecule has 0 saturated heterocycles. The number of hydrogen-bond donors (Lipinski definition) is 1. The average Bonchev–Trinajstić information content (AvgIpc) is 2.44. The zero-order chi connectivity index (χ0) is 15.5. The maximum atomic E-state index is 5.65. The van der Waals surface area contributed by atoms with E-state index in [9.17, 15) is 0 Å². The van der Waals surface area contributed by atoms with Crippen LogP contribution in [0.4, 0.5) is 5.82 Å². The van der Waals surface area contributed by atoms with Crippen molar-refractivity contribution < 1.29 is 9.47 Å². The van der Waals surface area contributed by atoms with Crippen molar-refractivity contribution in [1.29, 1.82) is 0 Å². The monoisotopic (exact) mass is 295 g/mol. The Hall–Kier alpha value is -1.36. The van der Waals surface area contributed by atoms with E-state index in [1.54, 1.807) is 0 Å². The van der Waals surface area contributed by atoms with E-state index in [4.69, 9.17) is 9.47 Å². The van der Waals surface area contributed by atoms with Crippen LogP contribution in [-0.4, -0.2) is 36.3 Å². The van der Waals surface area contributed by atoms with Gasteiger partial charge in [0.1, 0.15) is 11.6 Å². The SMILES string of the molecule is CCCOc1cc(NCCCOCC)nc(CC(C)C)n1. The first-order chi connectivity index (χ1) is 10.2. The largest absolute Gasteiger partial charge is 0.478 e. The van der Waals surface area contributed by atoms with Crippen LogP contribution in [0.15, 0.2) is 6.07 Å². The standard InChI is InChI=1S/C16H29N3O2/c1-5-9-21-16-12-14(17-8-7-10-20-6-2)18-15(19-16)11-13(3)4/h12-13H,5-11H2,1-4H3,(H,17,18,19). The Morgan fingerprint density at radius 1 is 1.19 bits per heavy atom. The molecule has 21 heavy (non-hydrogen) atoms. The molecule has 0 radical (unpaired) electrons. The molecular weight excluding hydrogens is 266 g/mol. The number of aromatic nitrogens is 2. The molecule has 1 aromatic heterocycles. The first kappa shape index (κ1) is 17.7. The molecule has 0 amide bonds. The Bertz CT molecular complexity index is 397. The van der Waals surface area contributed by atoms with Gasteiger partial charge in [0.15, 0.2) is 0 Å². The number of anilines is 1. The molecule has 0 aliphatic rings. The zero-order valence-electron chi connectivity index (χ0n) is 13.8. The van der Waals surface area contributed by atoms with E-state index in [1.165, 1.54) is 0 Å². The minimum absolute atomic E-state index is 0.525. The number of hydrogen-bond acceptors (Lipinski definition) is 5. The van der Waals surface area contributed by atoms with Crippen LogP contribution in [0.2, 0.25) is 0 Å². The van der Waals surface area contributed by atoms with E-state index in [1.807, 2.05) is 13.0 Å². The maximum Gasteiger partial charge on any atom is 0.218 e. The summed E-state index contributed by atoms with van der Waals surface area (Å²) in [6.07, 6.45) is 2.79. The van der Waals surface area contributed by atoms with Crippen molar-refractivity contribution >= 4 is 5.82 Å². The van der Waals surface area contributed by atoms with E-state index in [-0.39, 0.29) is 0 Å². The van der Waals surface area contributed by atoms with E-state index in [2.05, 4.69) is 36.1 Å². The third-order valence-electron chi connectivity index (χ3n) is 2.77. The van der Waals surface area contributed by atoms with Crippen LogP contribution in [0.3, 0.4) is 0 Å². The molecule has 5 heteroatoms. The second kappa shape index (κ2) is 10.4. The molecular formula is C16H29N3O2. The molecule has 0 aliphatic heterocycles. The van der Waals surface area contributed by atoms with Crippen molar-refractivity contribution in [3.05, 3.63) is 11.9 Å². The van der Waals surface area contributed by atoms with Crippen LogP contribution >= 0.6 is 0 Å². The summed E-state index contributed by atoms with van der Waals surface area (Å²) in [7, 11) is 0. The number of rotatable bonds is 11. The normalized spacial score (nSPS) is 10.9. The highest BCUT2D eigenvalue weighted by Crippen LogP contribution is 2.16. The molecule has 120 valence electrons. The number of nitrogens with one attached hydrogen (secondary N) is 1. The Labute approximate surface area is 128 Å². The van der Waals surface area contributed by atoms with Gasteiger partial charge in [-0.1, -0.05) is 20.8 Å². The molecule has 0 unspecified atom stereocenters. The van der Waals surface area contributed by atoms with Crippen molar-refractivity contribution in [2.24, 2.45) is 5.92 Å². The lowest BCUT2D eigenvalue weighted by Gasteiger charge is -2.11. The highest BCUT2D eigenvalue weighted by molar-refractivity contribution is 5.38. The highest BCUT2D eigenvalue weighted by atomic mass is 16.5. The molecule has 0 fully saturated rings. The molecule has 1 aromatic rings. The topological polar surface area (TPSA) is 56.3 Å². The third kappa shape index (κ3) is 7.85. The summed E-state index contributed by atoms with van der Waals surface area (Å²) in [6.45, 7) is 11.5. The lowest BCUT2D eigenvalue weighted by Crippen LogP contribution is -2.10. The van der Waals surface area contributed by atoms with E-state index in [0.29, 0.717) is 18.4 Å². The van der Waals surface area contributed by atoms with Crippen molar-refractivity contribution in [2.45, 2.75) is 47.0 Å². The maximum absolute atomic E-state index is 5.65. The first-order valence-electron chi connectivity index (χ1n) is 7.98. The molecule has 0 bridgehead atoms. The Balaban J connectivity index is 2.62. The molecule has 1 rings (SSSR count). The van der Waals surface area contributed by atoms with Gasteiger partial charge in [0, 0.05) is 32.2 Å². The van der Waals surface area contributed by atoms with Gasteiger partial charge in [-0.2, -0.15) is 4.98 Å². The molecule has 0 atom stereocenters. The van der Waals surface area contributed by atoms with Crippen LogP contribution < -0.4 is 10.1 Å². The fourth-order valence-corrected chi connectivity index (χ4v) is 1.84. The van der Waals surface area contributed by atoms with Crippen LogP contribution in [0.1, 0.15) is 46.4 Å². The summed E-state index contributed by atoms with van der Waals surface area (Å²) in [5.41, 5.74) is 0. The second-order valence-electron chi connectivity index (χ2n) is 5.43. The lowest BCUT2D eigenvalue weighted by molar-refractivity contribution is 0.147. The van der Waals surface area contributed by atoms with Gasteiger partial charge in [-0.15, -0.1) is 0 Å². The molecule has 5 nitrogen and oxygen atoms in total. The highest BCUT2D eigenvalue weighted by Gasteiger charge is 2.07. The first-order valence-corrected chi connectivity index (χ1v) is 7.98. The predicted molar refractivity (Wildman–Crippen MR) is 86.0 cm³/mol. The summed E-state index contributed by atoms with van der Waals surface area (Å²) in [5, 5.41) is 3.32. The molecule has 1 heterocycles. The molecule has 1 N–H and O–H groups in total. The van der Waals surface area contributed by atoms with Crippen LogP contribution in [-0.2, 0) is 11.2 Å². The van der Waals surface area contributed by atoms with Gasteiger partial charge >= 0.3 is 0 Å². The van der Waals surface area contributed by atoms with Crippen LogP contribution in [0, 0.1) is 5.92 Å². The van der Waals surface area contributed by atoms with Crippen LogP contribution in [0.5, 0.6) is 5.88 Å². The summed E-state index contributed by atoms with van der Waals surface area (Å²) < 4.78 is 11.0. The summed E-state index contributed by atoms with van der Waals surface area (Å²) in [5.74, 6) is 2.86. The van der Waals surface area contributed by atoms with E-state index < -0.39 is 0 Å². The predicted octanol–water partition coefficient (Wildman–Crippen LogP) is 3.30. The van der Waals surface area contributed by atoms with Gasteiger partial charge < -0.3 is 14.8 Å². The molecule has 0 saturated carbocycles. The fraction of sp³-hybridized carbons (Fsp3) is 0.750. The zero-order valence-corrected chi connectivity index (χ0v) is 13.8. The summed E-state index contributed by atoms with van der Waals surface area (Å²) in [4.78, 5) is 9.03. The fourth-order valence-electron chi connectivity index (χ4n) is 1.84.